The van der Waals surface area contributed by atoms with Crippen LogP contribution in [0.4, 0.5) is 13.2 Å². The number of hydrogen-bond acceptors (Lipinski definition) is 2. The van der Waals surface area contributed by atoms with Gasteiger partial charge in [0.15, 0.2) is 0 Å². The van der Waals surface area contributed by atoms with Crippen molar-refractivity contribution in [3.05, 3.63) is 35.4 Å². The van der Waals surface area contributed by atoms with Crippen LogP contribution in [0.15, 0.2) is 24.3 Å². The molecule has 2 heterocycles. The summed E-state index contributed by atoms with van der Waals surface area (Å²) < 4.78 is 38.5. The smallest absolute Gasteiger partial charge is 0.316 e. The van der Waals surface area contributed by atoms with Gasteiger partial charge in [-0.25, -0.2) is 0 Å². The lowest BCUT2D eigenvalue weighted by atomic mass is 9.89. The largest absolute Gasteiger partial charge is 0.416 e. The number of rotatable bonds is 3. The topological polar surface area (TPSA) is 15.3 Å². The van der Waals surface area contributed by atoms with Crippen LogP contribution in [0.25, 0.3) is 0 Å². The average Bonchev–Trinajstić information content (AvgIpc) is 3.08. The highest BCUT2D eigenvalue weighted by Gasteiger charge is 2.35. The lowest BCUT2D eigenvalue weighted by Gasteiger charge is -2.29. The third-order valence-corrected chi connectivity index (χ3v) is 5.02. The molecule has 0 aliphatic carbocycles. The molecule has 3 rings (SSSR count). The molecule has 0 aromatic heterocycles. The molecule has 2 aliphatic heterocycles. The summed E-state index contributed by atoms with van der Waals surface area (Å²) in [4.78, 5) is 2.41. The van der Waals surface area contributed by atoms with Gasteiger partial charge in [0.2, 0.25) is 0 Å². The molecular weight excluding hydrogens is 289 g/mol. The van der Waals surface area contributed by atoms with Gasteiger partial charge in [0, 0.05) is 19.6 Å². The Kier molecular flexibility index (Phi) is 4.21. The first-order valence-corrected chi connectivity index (χ1v) is 7.96. The van der Waals surface area contributed by atoms with Crippen LogP contribution in [-0.2, 0) is 6.18 Å². The van der Waals surface area contributed by atoms with Gasteiger partial charge in [0.05, 0.1) is 5.56 Å². The molecule has 1 aromatic carbocycles. The van der Waals surface area contributed by atoms with Crippen LogP contribution in [0.3, 0.4) is 0 Å². The maximum atomic E-state index is 12.8. The molecule has 0 bridgehead atoms. The summed E-state index contributed by atoms with van der Waals surface area (Å²) in [6.45, 7) is 7.30. The van der Waals surface area contributed by atoms with E-state index in [2.05, 4.69) is 17.1 Å². The van der Waals surface area contributed by atoms with Gasteiger partial charge in [0.1, 0.15) is 0 Å². The number of halogens is 3. The highest BCUT2D eigenvalue weighted by molar-refractivity contribution is 5.29. The van der Waals surface area contributed by atoms with Gasteiger partial charge in [-0.2, -0.15) is 13.2 Å². The van der Waals surface area contributed by atoms with E-state index in [0.717, 1.165) is 50.8 Å². The van der Waals surface area contributed by atoms with E-state index in [1.54, 1.807) is 0 Å². The van der Waals surface area contributed by atoms with Gasteiger partial charge < -0.3 is 10.2 Å². The Morgan fingerprint density at radius 2 is 2.18 bits per heavy atom. The molecule has 5 heteroatoms. The highest BCUT2D eigenvalue weighted by atomic mass is 19.4. The van der Waals surface area contributed by atoms with Crippen molar-refractivity contribution in [2.45, 2.75) is 31.9 Å². The average molecular weight is 312 g/mol. The lowest BCUT2D eigenvalue weighted by molar-refractivity contribution is -0.137. The van der Waals surface area contributed by atoms with Crippen LogP contribution in [0, 0.1) is 5.41 Å². The van der Waals surface area contributed by atoms with E-state index < -0.39 is 11.7 Å². The Hall–Kier alpha value is -1.07. The van der Waals surface area contributed by atoms with Crippen LogP contribution >= 0.6 is 0 Å². The molecule has 2 fully saturated rings. The first kappa shape index (κ1) is 15.8. The second kappa shape index (κ2) is 5.85. The van der Waals surface area contributed by atoms with Crippen LogP contribution in [0.1, 0.15) is 36.8 Å². The maximum Gasteiger partial charge on any atom is 0.416 e. The zero-order valence-electron chi connectivity index (χ0n) is 12.9. The number of likely N-dealkylation sites (tertiary alicyclic amines) is 1. The normalized spacial score (nSPS) is 30.1. The van der Waals surface area contributed by atoms with Crippen molar-refractivity contribution >= 4 is 0 Å². The molecular formula is C17H23F3N2. The Labute approximate surface area is 129 Å². The third-order valence-electron chi connectivity index (χ3n) is 5.02. The monoisotopic (exact) mass is 312 g/mol. The molecule has 0 amide bonds. The van der Waals surface area contributed by atoms with Gasteiger partial charge >= 0.3 is 6.18 Å². The number of benzene rings is 1. The summed E-state index contributed by atoms with van der Waals surface area (Å²) in [5.74, 6) is 0.222. The fourth-order valence-corrected chi connectivity index (χ4v) is 3.76. The van der Waals surface area contributed by atoms with Crippen LogP contribution < -0.4 is 5.32 Å². The fraction of sp³-hybridized carbons (Fsp3) is 0.647. The molecule has 122 valence electrons. The zero-order valence-corrected chi connectivity index (χ0v) is 12.9. The molecule has 1 N–H and O–H groups in total. The molecule has 2 saturated heterocycles. The molecule has 0 radical (unpaired) electrons. The molecule has 2 unspecified atom stereocenters. The van der Waals surface area contributed by atoms with E-state index >= 15 is 0 Å². The minimum absolute atomic E-state index is 0.222. The standard InChI is InChI=1S/C17H23F3N2/c1-16(6-7-21-11-16)12-22-8-5-14(10-22)13-3-2-4-15(9-13)17(18,19)20/h2-4,9,14,21H,5-8,10-12H2,1H3. The van der Waals surface area contributed by atoms with Crippen molar-refractivity contribution in [2.75, 3.05) is 32.7 Å². The van der Waals surface area contributed by atoms with Crippen LogP contribution in [0.5, 0.6) is 0 Å². The summed E-state index contributed by atoms with van der Waals surface area (Å²) in [6.07, 6.45) is -2.13. The Morgan fingerprint density at radius 1 is 1.36 bits per heavy atom. The second-order valence-corrected chi connectivity index (χ2v) is 7.08. The molecule has 2 atom stereocenters. The predicted octanol–water partition coefficient (Wildman–Crippen LogP) is 3.49. The maximum absolute atomic E-state index is 12.8. The minimum atomic E-state index is -4.25. The molecule has 2 nitrogen and oxygen atoms in total. The number of nitrogens with one attached hydrogen (secondary N) is 1. The zero-order chi connectivity index (χ0) is 15.8. The van der Waals surface area contributed by atoms with E-state index in [1.165, 1.54) is 18.6 Å². The molecule has 1 aromatic rings. The fourth-order valence-electron chi connectivity index (χ4n) is 3.76. The molecule has 0 saturated carbocycles. The number of nitrogens with zero attached hydrogens (tertiary/aromatic N) is 1. The van der Waals surface area contributed by atoms with Crippen molar-refractivity contribution < 1.29 is 13.2 Å². The second-order valence-electron chi connectivity index (χ2n) is 7.08. The summed E-state index contributed by atoms with van der Waals surface area (Å²) in [6, 6.07) is 5.85. The third kappa shape index (κ3) is 3.46. The van der Waals surface area contributed by atoms with Gasteiger partial charge in [-0.1, -0.05) is 25.1 Å². The Balaban J connectivity index is 1.65. The minimum Gasteiger partial charge on any atom is -0.316 e. The van der Waals surface area contributed by atoms with Crippen molar-refractivity contribution in [1.29, 1.82) is 0 Å². The number of alkyl halides is 3. The molecule has 0 spiro atoms. The van der Waals surface area contributed by atoms with Crippen molar-refractivity contribution in [2.24, 2.45) is 5.41 Å². The van der Waals surface area contributed by atoms with Crippen LogP contribution in [-0.4, -0.2) is 37.6 Å². The van der Waals surface area contributed by atoms with Crippen molar-refractivity contribution in [3.8, 4) is 0 Å². The summed E-state index contributed by atoms with van der Waals surface area (Å²) in [5.41, 5.74) is 0.602. The quantitative estimate of drug-likeness (QED) is 0.919. The van der Waals surface area contributed by atoms with Crippen LogP contribution in [0.2, 0.25) is 0 Å². The Morgan fingerprint density at radius 3 is 2.86 bits per heavy atom. The van der Waals surface area contributed by atoms with E-state index in [1.807, 2.05) is 6.07 Å². The highest BCUT2D eigenvalue weighted by Crippen LogP contribution is 2.35. The van der Waals surface area contributed by atoms with Gasteiger partial charge in [0.25, 0.3) is 0 Å². The molecule has 22 heavy (non-hydrogen) atoms. The van der Waals surface area contributed by atoms with E-state index in [9.17, 15) is 13.2 Å². The van der Waals surface area contributed by atoms with E-state index in [-0.39, 0.29) is 5.92 Å². The summed E-state index contributed by atoms with van der Waals surface area (Å²) in [5, 5.41) is 3.40. The van der Waals surface area contributed by atoms with E-state index in [0.29, 0.717) is 5.41 Å². The number of hydrogen-bond donors (Lipinski definition) is 1. The van der Waals surface area contributed by atoms with E-state index in [4.69, 9.17) is 0 Å². The predicted molar refractivity (Wildman–Crippen MR) is 80.8 cm³/mol. The summed E-state index contributed by atoms with van der Waals surface area (Å²) >= 11 is 0. The van der Waals surface area contributed by atoms with Gasteiger partial charge in [-0.15, -0.1) is 0 Å². The molecule has 2 aliphatic rings. The van der Waals surface area contributed by atoms with Crippen molar-refractivity contribution in [1.82, 2.24) is 10.2 Å². The summed E-state index contributed by atoms with van der Waals surface area (Å²) in [7, 11) is 0. The lowest BCUT2D eigenvalue weighted by Crippen LogP contribution is -2.36. The first-order valence-electron chi connectivity index (χ1n) is 7.96. The van der Waals surface area contributed by atoms with Gasteiger partial charge in [-0.3, -0.25) is 0 Å². The van der Waals surface area contributed by atoms with Crippen molar-refractivity contribution in [3.63, 3.8) is 0 Å². The SMILES string of the molecule is CC1(CN2CCC(c3cccc(C(F)(F)F)c3)C2)CCNC1. The Bertz CT molecular complexity index is 521. The first-order chi connectivity index (χ1) is 10.4. The van der Waals surface area contributed by atoms with Gasteiger partial charge in [-0.05, 0) is 48.9 Å².